The van der Waals surface area contributed by atoms with Gasteiger partial charge < -0.3 is 30.1 Å². The highest BCUT2D eigenvalue weighted by Gasteiger charge is 2.37. The molecule has 2 N–H and O–H groups in total. The van der Waals surface area contributed by atoms with Crippen molar-refractivity contribution in [3.05, 3.63) is 53.5 Å². The first-order chi connectivity index (χ1) is 21.5. The zero-order valence-corrected chi connectivity index (χ0v) is 27.8. The summed E-state index contributed by atoms with van der Waals surface area (Å²) in [4.78, 5) is 55.9. The van der Waals surface area contributed by atoms with Crippen LogP contribution in [0.3, 0.4) is 0 Å². The second-order valence-electron chi connectivity index (χ2n) is 13.6. The quantitative estimate of drug-likeness (QED) is 0.356. The van der Waals surface area contributed by atoms with Crippen LogP contribution >= 0.6 is 0 Å². The summed E-state index contributed by atoms with van der Waals surface area (Å²) in [7, 11) is 1.67. The third-order valence-corrected chi connectivity index (χ3v) is 8.35. The van der Waals surface area contributed by atoms with Crippen molar-refractivity contribution < 1.29 is 19.1 Å². The molecule has 3 amide bonds. The number of hydrogen-bond donors (Lipinski definition) is 2. The summed E-state index contributed by atoms with van der Waals surface area (Å²) in [5.41, 5.74) is 0.829. The van der Waals surface area contributed by atoms with Gasteiger partial charge in [-0.25, -0.2) is 9.97 Å². The Morgan fingerprint density at radius 3 is 2.37 bits per heavy atom. The molecule has 2 fully saturated rings. The molecule has 2 atom stereocenters. The van der Waals surface area contributed by atoms with Crippen molar-refractivity contribution in [2.24, 2.45) is 11.8 Å². The van der Waals surface area contributed by atoms with E-state index in [0.29, 0.717) is 88.2 Å². The smallest absolute Gasteiger partial charge is 0.259 e. The molecule has 2 aliphatic rings. The van der Waals surface area contributed by atoms with E-state index in [-0.39, 0.29) is 48.4 Å². The van der Waals surface area contributed by atoms with Gasteiger partial charge in [0.15, 0.2) is 0 Å². The lowest BCUT2D eigenvalue weighted by Crippen LogP contribution is -2.57. The zero-order valence-electron chi connectivity index (χ0n) is 27.8. The van der Waals surface area contributed by atoms with E-state index in [0.717, 1.165) is 6.42 Å². The molecule has 2 saturated heterocycles. The first-order valence-corrected chi connectivity index (χ1v) is 16.2. The van der Waals surface area contributed by atoms with E-state index in [4.69, 9.17) is 9.72 Å². The van der Waals surface area contributed by atoms with E-state index in [2.05, 4.69) is 50.2 Å². The molecule has 3 heterocycles. The summed E-state index contributed by atoms with van der Waals surface area (Å²) in [6, 6.07) is 9.10. The Balaban J connectivity index is 0.00000576. The predicted octanol–water partition coefficient (Wildman–Crippen LogP) is 3.92. The van der Waals surface area contributed by atoms with E-state index in [1.165, 1.54) is 0 Å². The Hall–Kier alpha value is -3.57. The van der Waals surface area contributed by atoms with Crippen molar-refractivity contribution in [1.29, 1.82) is 0 Å². The van der Waals surface area contributed by atoms with Gasteiger partial charge in [0.25, 0.3) is 11.8 Å². The first-order valence-electron chi connectivity index (χ1n) is 16.2. The molecule has 0 aliphatic carbocycles. The Bertz CT molecular complexity index is 1290. The molecule has 2 aliphatic heterocycles. The van der Waals surface area contributed by atoms with Crippen LogP contribution in [0.25, 0.3) is 0 Å². The lowest BCUT2D eigenvalue weighted by molar-refractivity contribution is -0.138. The van der Waals surface area contributed by atoms with Crippen LogP contribution in [0.5, 0.6) is 0 Å². The fourth-order valence-electron chi connectivity index (χ4n) is 5.90. The molecule has 11 heteroatoms. The largest absolute Gasteiger partial charge is 0.385 e. The summed E-state index contributed by atoms with van der Waals surface area (Å²) >= 11 is 0. The molecule has 1 aromatic heterocycles. The highest BCUT2D eigenvalue weighted by Crippen LogP contribution is 2.26. The predicted molar refractivity (Wildman–Crippen MR) is 182 cm³/mol. The topological polar surface area (TPSA) is 120 Å². The number of carbonyl (C=O) groups is 3. The Kier molecular flexibility index (Phi) is 13.5. The number of ether oxygens (including phenoxy) is 1. The van der Waals surface area contributed by atoms with Gasteiger partial charge in [-0.15, -0.1) is 0 Å². The number of nitrogens with one attached hydrogen (secondary N) is 2. The van der Waals surface area contributed by atoms with Gasteiger partial charge in [-0.05, 0) is 30.9 Å². The number of aromatic nitrogens is 2. The van der Waals surface area contributed by atoms with Gasteiger partial charge >= 0.3 is 0 Å². The minimum Gasteiger partial charge on any atom is -0.385 e. The Labute approximate surface area is 275 Å². The summed E-state index contributed by atoms with van der Waals surface area (Å²) in [5.74, 6) is 1.11. The van der Waals surface area contributed by atoms with Crippen molar-refractivity contribution in [2.45, 2.75) is 66.3 Å². The van der Waals surface area contributed by atoms with Crippen LogP contribution in [0.15, 0.2) is 36.5 Å². The van der Waals surface area contributed by atoms with Gasteiger partial charge in [0.1, 0.15) is 17.2 Å². The van der Waals surface area contributed by atoms with E-state index < -0.39 is 0 Å². The van der Waals surface area contributed by atoms with Crippen LogP contribution in [0.2, 0.25) is 0 Å². The molecule has 2 aromatic rings. The van der Waals surface area contributed by atoms with Crippen molar-refractivity contribution in [1.82, 2.24) is 30.0 Å². The Morgan fingerprint density at radius 2 is 1.74 bits per heavy atom. The van der Waals surface area contributed by atoms with E-state index in [1.807, 2.05) is 45.0 Å². The minimum atomic E-state index is -0.274. The molecule has 0 spiro atoms. The number of amides is 3. The number of nitrogens with zero attached hydrogens (tertiary/aromatic N) is 5. The Morgan fingerprint density at radius 1 is 1.07 bits per heavy atom. The van der Waals surface area contributed by atoms with Crippen molar-refractivity contribution in [3.63, 3.8) is 0 Å². The first kappa shape index (κ1) is 36.9. The molecule has 254 valence electrons. The van der Waals surface area contributed by atoms with Gasteiger partial charge in [0.05, 0.1) is 5.92 Å². The van der Waals surface area contributed by atoms with Gasteiger partial charge in [-0.1, -0.05) is 60.2 Å². The SMILES string of the molecule is C.COCCCNc1nc(C(C)(C)C)ncc1C(=O)N(CC(C)C)[C@@H]1CNC[C@H](C(=O)N2CCN(C(=O)c3ccccc3)CC2)C1. The molecule has 1 aromatic carbocycles. The number of rotatable bonds is 11. The second kappa shape index (κ2) is 16.8. The second-order valence-corrected chi connectivity index (χ2v) is 13.6. The van der Waals surface area contributed by atoms with Crippen LogP contribution in [0.4, 0.5) is 5.82 Å². The zero-order chi connectivity index (χ0) is 32.6. The molecule has 0 radical (unpaired) electrons. The van der Waals surface area contributed by atoms with Crippen molar-refractivity contribution in [3.8, 4) is 0 Å². The number of benzene rings is 1. The van der Waals surface area contributed by atoms with Crippen LogP contribution in [-0.2, 0) is 14.9 Å². The summed E-state index contributed by atoms with van der Waals surface area (Å²) < 4.78 is 5.20. The van der Waals surface area contributed by atoms with Crippen molar-refractivity contribution in [2.75, 3.05) is 71.4 Å². The standard InChI is InChI=1S/C34H51N7O4.CH4/c1-24(2)23-41(32(44)28-22-37-33(34(3,4)5)38-29(28)36-13-10-18-45-6)27-19-26(20-35-21-27)31(43)40-16-14-39(15-17-40)30(42)25-11-8-7-9-12-25;/h7-9,11-12,22,24,26-27,35H,10,13-21,23H2,1-6H3,(H,36,37,38);1H4/t26-,27+;/m1./s1. The maximum absolute atomic E-state index is 14.3. The fourth-order valence-corrected chi connectivity index (χ4v) is 5.90. The van der Waals surface area contributed by atoms with Crippen LogP contribution in [-0.4, -0.2) is 115 Å². The number of piperazine rings is 1. The monoisotopic (exact) mass is 637 g/mol. The number of piperidine rings is 1. The lowest BCUT2D eigenvalue weighted by Gasteiger charge is -2.41. The van der Waals surface area contributed by atoms with Gasteiger partial charge in [-0.3, -0.25) is 14.4 Å². The molecule has 4 rings (SSSR count). The van der Waals surface area contributed by atoms with Crippen LogP contribution in [0.1, 0.15) is 81.4 Å². The molecular weight excluding hydrogens is 582 g/mol. The van der Waals surface area contributed by atoms with Gasteiger partial charge in [0, 0.05) is 89.3 Å². The normalized spacial score (nSPS) is 18.6. The van der Waals surface area contributed by atoms with E-state index >= 15 is 0 Å². The van der Waals surface area contributed by atoms with Gasteiger partial charge in [-0.2, -0.15) is 0 Å². The lowest BCUT2D eigenvalue weighted by atomic mass is 9.92. The highest BCUT2D eigenvalue weighted by atomic mass is 16.5. The molecule has 11 nitrogen and oxygen atoms in total. The average molecular weight is 638 g/mol. The maximum Gasteiger partial charge on any atom is 0.259 e. The van der Waals surface area contributed by atoms with E-state index in [9.17, 15) is 14.4 Å². The average Bonchev–Trinajstić information content (AvgIpc) is 3.04. The summed E-state index contributed by atoms with van der Waals surface area (Å²) in [6.07, 6.45) is 3.00. The van der Waals surface area contributed by atoms with Crippen LogP contribution in [0, 0.1) is 11.8 Å². The molecular formula is C35H55N7O4. The summed E-state index contributed by atoms with van der Waals surface area (Å²) in [5, 5.41) is 6.80. The molecule has 46 heavy (non-hydrogen) atoms. The van der Waals surface area contributed by atoms with Crippen molar-refractivity contribution >= 4 is 23.5 Å². The summed E-state index contributed by atoms with van der Waals surface area (Å²) in [6.45, 7) is 15.3. The molecule has 0 saturated carbocycles. The number of methoxy groups -OCH3 is 1. The number of anilines is 1. The number of carbonyl (C=O) groups excluding carboxylic acids is 3. The van der Waals surface area contributed by atoms with E-state index in [1.54, 1.807) is 13.3 Å². The highest BCUT2D eigenvalue weighted by molar-refractivity contribution is 5.99. The van der Waals surface area contributed by atoms with Crippen LogP contribution < -0.4 is 10.6 Å². The minimum absolute atomic E-state index is 0. The van der Waals surface area contributed by atoms with Gasteiger partial charge in [0.2, 0.25) is 5.91 Å². The molecule has 0 bridgehead atoms. The molecule has 0 unspecified atom stereocenters. The number of hydrogen-bond acceptors (Lipinski definition) is 8. The third kappa shape index (κ3) is 9.48. The maximum atomic E-state index is 14.3. The fraction of sp³-hybridized carbons (Fsp3) is 0.629. The third-order valence-electron chi connectivity index (χ3n) is 8.35.